The molecule has 1 aliphatic heterocycles. The molecule has 0 amide bonds. The van der Waals surface area contributed by atoms with E-state index in [-0.39, 0.29) is 5.75 Å². The van der Waals surface area contributed by atoms with Gasteiger partial charge in [-0.05, 0) is 24.1 Å². The molecule has 20 heavy (non-hydrogen) atoms. The van der Waals surface area contributed by atoms with E-state index in [0.29, 0.717) is 11.9 Å². The van der Waals surface area contributed by atoms with Gasteiger partial charge >= 0.3 is 12.1 Å². The Balaban J connectivity index is 2.23. The van der Waals surface area contributed by atoms with E-state index in [1.165, 1.54) is 12.1 Å². The molecule has 2 rings (SSSR count). The lowest BCUT2D eigenvalue weighted by atomic mass is 10.2. The van der Waals surface area contributed by atoms with Crippen LogP contribution in [0.5, 0.6) is 5.75 Å². The summed E-state index contributed by atoms with van der Waals surface area (Å²) in [6.45, 7) is 0. The van der Waals surface area contributed by atoms with Gasteiger partial charge < -0.3 is 4.74 Å². The zero-order valence-electron chi connectivity index (χ0n) is 9.50. The monoisotopic (exact) mass is 343 g/mol. The highest BCUT2D eigenvalue weighted by Crippen LogP contribution is 2.50. The maximum Gasteiger partial charge on any atom is 0.426 e. The first-order chi connectivity index (χ1) is 9.25. The molecule has 108 valence electrons. The van der Waals surface area contributed by atoms with Crippen molar-refractivity contribution in [2.45, 2.75) is 11.2 Å². The summed E-state index contributed by atoms with van der Waals surface area (Å²) < 4.78 is 45.1. The van der Waals surface area contributed by atoms with E-state index in [9.17, 15) is 18.0 Å². The second kappa shape index (κ2) is 5.48. The Kier molecular flexibility index (Phi) is 4.24. The van der Waals surface area contributed by atoms with Gasteiger partial charge in [-0.2, -0.15) is 13.2 Å². The van der Waals surface area contributed by atoms with E-state index >= 15 is 0 Å². The number of nitrogens with one attached hydrogen (secondary N) is 1. The van der Waals surface area contributed by atoms with Gasteiger partial charge in [-0.15, -0.1) is 0 Å². The zero-order chi connectivity index (χ0) is 15.0. The molecule has 1 atom stereocenters. The summed E-state index contributed by atoms with van der Waals surface area (Å²) in [6, 6.07) is 7.89. The van der Waals surface area contributed by atoms with Crippen molar-refractivity contribution in [2.24, 2.45) is 0 Å². The maximum absolute atomic E-state index is 12.8. The van der Waals surface area contributed by atoms with Crippen molar-refractivity contribution >= 4 is 41.1 Å². The predicted molar refractivity (Wildman–Crippen MR) is 70.3 cm³/mol. The zero-order valence-corrected chi connectivity index (χ0v) is 11.8. The Labute approximate surface area is 126 Å². The highest BCUT2D eigenvalue weighted by atomic mass is 35.5. The summed E-state index contributed by atoms with van der Waals surface area (Å²) in [6.07, 6.45) is -4.85. The SMILES string of the molecule is O=C(Oc1ccccc1)C1=C(Cl)C(Cl)(C(F)(F)F)NS1. The van der Waals surface area contributed by atoms with Crippen molar-refractivity contribution in [3.63, 3.8) is 0 Å². The quantitative estimate of drug-likeness (QED) is 0.291. The van der Waals surface area contributed by atoms with Gasteiger partial charge in [-0.1, -0.05) is 41.4 Å². The third-order valence-electron chi connectivity index (χ3n) is 2.33. The minimum atomic E-state index is -4.85. The van der Waals surface area contributed by atoms with Crippen molar-refractivity contribution in [1.29, 1.82) is 0 Å². The summed E-state index contributed by atoms with van der Waals surface area (Å²) in [5.74, 6) is -0.820. The second-order valence-electron chi connectivity index (χ2n) is 3.71. The van der Waals surface area contributed by atoms with Gasteiger partial charge in [0.15, 0.2) is 0 Å². The second-order valence-corrected chi connectivity index (χ2v) is 5.47. The minimum Gasteiger partial charge on any atom is -0.422 e. The fourth-order valence-corrected chi connectivity index (χ4v) is 2.82. The molecule has 0 spiro atoms. The number of ether oxygens (including phenoxy) is 1. The molecule has 0 bridgehead atoms. The van der Waals surface area contributed by atoms with Gasteiger partial charge in [0, 0.05) is 0 Å². The molecule has 9 heteroatoms. The van der Waals surface area contributed by atoms with E-state index in [1.54, 1.807) is 18.2 Å². The first-order valence-corrected chi connectivity index (χ1v) is 6.70. The Morgan fingerprint density at radius 2 is 1.90 bits per heavy atom. The topological polar surface area (TPSA) is 38.3 Å². The number of hydrogen-bond acceptors (Lipinski definition) is 4. The largest absolute Gasteiger partial charge is 0.426 e. The van der Waals surface area contributed by atoms with Crippen molar-refractivity contribution in [1.82, 2.24) is 4.72 Å². The number of hydrogen-bond donors (Lipinski definition) is 1. The van der Waals surface area contributed by atoms with Crippen molar-refractivity contribution < 1.29 is 22.7 Å². The Morgan fingerprint density at radius 3 is 2.40 bits per heavy atom. The number of rotatable bonds is 2. The number of para-hydroxylation sites is 1. The molecule has 0 saturated heterocycles. The van der Waals surface area contributed by atoms with Gasteiger partial charge in [-0.3, -0.25) is 0 Å². The van der Waals surface area contributed by atoms with Crippen LogP contribution in [0.2, 0.25) is 0 Å². The van der Waals surface area contributed by atoms with E-state index in [2.05, 4.69) is 0 Å². The lowest BCUT2D eigenvalue weighted by Gasteiger charge is -2.24. The molecule has 0 saturated carbocycles. The van der Waals surface area contributed by atoms with Crippen LogP contribution in [0.4, 0.5) is 13.2 Å². The van der Waals surface area contributed by atoms with E-state index < -0.39 is 27.1 Å². The molecule has 1 N–H and O–H groups in total. The van der Waals surface area contributed by atoms with Crippen LogP contribution in [0.3, 0.4) is 0 Å². The van der Waals surface area contributed by atoms with Gasteiger partial charge in [0.05, 0.1) is 5.03 Å². The van der Waals surface area contributed by atoms with Crippen LogP contribution in [-0.4, -0.2) is 17.1 Å². The fraction of sp³-hybridized carbons (Fsp3) is 0.182. The van der Waals surface area contributed by atoms with E-state index in [4.69, 9.17) is 27.9 Å². The third kappa shape index (κ3) is 2.76. The van der Waals surface area contributed by atoms with Crippen LogP contribution in [0.25, 0.3) is 0 Å². The van der Waals surface area contributed by atoms with E-state index in [1.807, 2.05) is 4.72 Å². The Morgan fingerprint density at radius 1 is 1.30 bits per heavy atom. The number of carbonyl (C=O) groups is 1. The summed E-state index contributed by atoms with van der Waals surface area (Å²) in [7, 11) is 0. The van der Waals surface area contributed by atoms with Crippen molar-refractivity contribution in [3.8, 4) is 5.75 Å². The van der Waals surface area contributed by atoms with Gasteiger partial charge in [0.25, 0.3) is 0 Å². The average Bonchev–Trinajstić information content (AvgIpc) is 2.68. The Hall–Kier alpha value is -0.890. The first-order valence-electron chi connectivity index (χ1n) is 5.13. The molecule has 0 radical (unpaired) electrons. The predicted octanol–water partition coefficient (Wildman–Crippen LogP) is 3.79. The fourth-order valence-electron chi connectivity index (χ4n) is 1.32. The third-order valence-corrected chi connectivity index (χ3v) is 4.60. The van der Waals surface area contributed by atoms with E-state index in [0.717, 1.165) is 0 Å². The lowest BCUT2D eigenvalue weighted by Crippen LogP contribution is -2.47. The van der Waals surface area contributed by atoms with Gasteiger partial charge in [-0.25, -0.2) is 9.52 Å². The van der Waals surface area contributed by atoms with Crippen LogP contribution in [0.1, 0.15) is 0 Å². The lowest BCUT2D eigenvalue weighted by molar-refractivity contribution is -0.152. The summed E-state index contributed by atoms with van der Waals surface area (Å²) in [4.78, 5) is 8.38. The molecule has 0 aromatic heterocycles. The number of alkyl halides is 4. The number of halogens is 5. The molecular weight excluding hydrogens is 338 g/mol. The molecule has 1 aliphatic rings. The maximum atomic E-state index is 12.8. The average molecular weight is 344 g/mol. The van der Waals surface area contributed by atoms with Gasteiger partial charge in [0.1, 0.15) is 10.7 Å². The highest BCUT2D eigenvalue weighted by molar-refractivity contribution is 8.02. The molecule has 1 aromatic carbocycles. The summed E-state index contributed by atoms with van der Waals surface area (Å²) in [5, 5.41) is -0.849. The van der Waals surface area contributed by atoms with Gasteiger partial charge in [0.2, 0.25) is 5.00 Å². The number of carbonyl (C=O) groups excluding carboxylic acids is 1. The molecule has 0 fully saturated rings. The molecule has 0 aliphatic carbocycles. The molecule has 1 unspecified atom stereocenters. The number of benzene rings is 1. The Bertz CT molecular complexity index is 565. The van der Waals surface area contributed by atoms with Crippen LogP contribution in [0.15, 0.2) is 40.3 Å². The van der Waals surface area contributed by atoms with Crippen molar-refractivity contribution in [3.05, 3.63) is 40.3 Å². The van der Waals surface area contributed by atoms with Crippen LogP contribution in [-0.2, 0) is 4.79 Å². The highest BCUT2D eigenvalue weighted by Gasteiger charge is 2.61. The van der Waals surface area contributed by atoms with Crippen LogP contribution < -0.4 is 9.46 Å². The smallest absolute Gasteiger partial charge is 0.422 e. The summed E-state index contributed by atoms with van der Waals surface area (Å²) >= 11 is 11.3. The molecule has 3 nitrogen and oxygen atoms in total. The van der Waals surface area contributed by atoms with Crippen LogP contribution >= 0.6 is 35.1 Å². The first kappa shape index (κ1) is 15.5. The minimum absolute atomic E-state index is 0.189. The normalized spacial score (nSPS) is 23.1. The van der Waals surface area contributed by atoms with Crippen LogP contribution in [0, 0.1) is 0 Å². The molecule has 1 heterocycles. The molecule has 1 aromatic rings. The van der Waals surface area contributed by atoms with Crippen molar-refractivity contribution in [2.75, 3.05) is 0 Å². The number of esters is 1. The molecular formula is C11H6Cl2F3NO2S. The standard InChI is InChI=1S/C11H6Cl2F3NO2S/c12-8-7(20-17-10(8,13)11(14,15)16)9(18)19-6-4-2-1-3-5-6/h1-5,17H. The summed E-state index contributed by atoms with van der Waals surface area (Å²) in [5.41, 5.74) is 0.